The fraction of sp³-hybridized carbons (Fsp3) is 0.308. The van der Waals surface area contributed by atoms with Gasteiger partial charge in [-0.1, -0.05) is 31.5 Å². The molecule has 2 rings (SSSR count). The monoisotopic (exact) mass is 299 g/mol. The van der Waals surface area contributed by atoms with Gasteiger partial charge in [0.2, 0.25) is 0 Å². The summed E-state index contributed by atoms with van der Waals surface area (Å²) in [6.07, 6.45) is 0. The summed E-state index contributed by atoms with van der Waals surface area (Å²) < 4.78 is 0.636. The van der Waals surface area contributed by atoms with Crippen molar-refractivity contribution in [1.82, 2.24) is 5.32 Å². The van der Waals surface area contributed by atoms with Gasteiger partial charge in [0.05, 0.1) is 15.3 Å². The smallest absolute Gasteiger partial charge is 0.261 e. The van der Waals surface area contributed by atoms with E-state index in [0.717, 1.165) is 0 Å². The van der Waals surface area contributed by atoms with Crippen LogP contribution in [0.25, 0.3) is 0 Å². The maximum absolute atomic E-state index is 12.1. The number of nitrogens with one attached hydrogen (secondary N) is 1. The van der Waals surface area contributed by atoms with E-state index in [2.05, 4.69) is 25.2 Å². The summed E-state index contributed by atoms with van der Waals surface area (Å²) >= 11 is 8.81. The van der Waals surface area contributed by atoms with E-state index in [9.17, 15) is 4.79 Å². The third-order valence-corrected chi connectivity index (χ3v) is 4.79. The Hall–Kier alpha value is -0.840. The van der Waals surface area contributed by atoms with Gasteiger partial charge in [-0.25, -0.2) is 0 Å². The van der Waals surface area contributed by atoms with Crippen molar-refractivity contribution < 1.29 is 4.79 Å². The maximum Gasteiger partial charge on any atom is 0.261 e. The highest BCUT2D eigenvalue weighted by Gasteiger charge is 2.20. The second-order valence-corrected chi connectivity index (χ2v) is 7.01. The van der Waals surface area contributed by atoms with Crippen LogP contribution >= 0.6 is 34.3 Å². The number of carbonyl (C=O) groups is 1. The minimum Gasteiger partial charge on any atom is -0.343 e. The SMILES string of the molecule is CC(C)[C@H](NC(=O)c1ccc(Cl)s1)c1cccs1. The molecule has 18 heavy (non-hydrogen) atoms. The van der Waals surface area contributed by atoms with Crippen molar-refractivity contribution in [3.63, 3.8) is 0 Å². The van der Waals surface area contributed by atoms with Crippen LogP contribution in [0.4, 0.5) is 0 Å². The third-order valence-electron chi connectivity index (χ3n) is 2.60. The summed E-state index contributed by atoms with van der Waals surface area (Å²) in [5.41, 5.74) is 0. The molecule has 96 valence electrons. The summed E-state index contributed by atoms with van der Waals surface area (Å²) in [4.78, 5) is 13.9. The Bertz CT molecular complexity index is 519. The van der Waals surface area contributed by atoms with E-state index < -0.39 is 0 Å². The molecule has 0 fully saturated rings. The zero-order valence-electron chi connectivity index (χ0n) is 10.1. The molecule has 1 amide bonds. The van der Waals surface area contributed by atoms with Gasteiger partial charge in [0.1, 0.15) is 0 Å². The first-order chi connectivity index (χ1) is 8.58. The van der Waals surface area contributed by atoms with Gasteiger partial charge in [-0.05, 0) is 29.5 Å². The fourth-order valence-electron chi connectivity index (χ4n) is 1.68. The molecule has 0 unspecified atom stereocenters. The molecule has 0 radical (unpaired) electrons. The molecule has 2 aromatic heterocycles. The molecule has 1 N–H and O–H groups in total. The molecule has 2 nitrogen and oxygen atoms in total. The van der Waals surface area contributed by atoms with Crippen LogP contribution in [0.3, 0.4) is 0 Å². The van der Waals surface area contributed by atoms with E-state index >= 15 is 0 Å². The lowest BCUT2D eigenvalue weighted by Gasteiger charge is -2.20. The van der Waals surface area contributed by atoms with Crippen molar-refractivity contribution in [1.29, 1.82) is 0 Å². The van der Waals surface area contributed by atoms with Gasteiger partial charge in [0.25, 0.3) is 5.91 Å². The molecule has 5 heteroatoms. The van der Waals surface area contributed by atoms with E-state index in [4.69, 9.17) is 11.6 Å². The molecule has 0 aliphatic carbocycles. The molecular weight excluding hydrogens is 286 g/mol. The highest BCUT2D eigenvalue weighted by atomic mass is 35.5. The Morgan fingerprint density at radius 1 is 1.33 bits per heavy atom. The first-order valence-corrected chi connectivity index (χ1v) is 7.75. The van der Waals surface area contributed by atoms with E-state index in [-0.39, 0.29) is 11.9 Å². The van der Waals surface area contributed by atoms with Gasteiger partial charge in [-0.2, -0.15) is 0 Å². The van der Waals surface area contributed by atoms with Crippen molar-refractivity contribution in [3.8, 4) is 0 Å². The van der Waals surface area contributed by atoms with Gasteiger partial charge < -0.3 is 5.32 Å². The van der Waals surface area contributed by atoms with E-state index in [0.29, 0.717) is 15.1 Å². The summed E-state index contributed by atoms with van der Waals surface area (Å²) in [5.74, 6) is 0.294. The lowest BCUT2D eigenvalue weighted by molar-refractivity contribution is 0.0930. The van der Waals surface area contributed by atoms with Crippen LogP contribution in [-0.4, -0.2) is 5.91 Å². The molecular formula is C13H14ClNOS2. The lowest BCUT2D eigenvalue weighted by Crippen LogP contribution is -2.30. The molecule has 0 aliphatic heterocycles. The first-order valence-electron chi connectivity index (χ1n) is 5.67. The normalized spacial score (nSPS) is 12.7. The molecule has 0 bridgehead atoms. The van der Waals surface area contributed by atoms with Crippen molar-refractivity contribution in [2.24, 2.45) is 5.92 Å². The number of hydrogen-bond donors (Lipinski definition) is 1. The average molecular weight is 300 g/mol. The molecule has 2 heterocycles. The zero-order chi connectivity index (χ0) is 13.1. The first kappa shape index (κ1) is 13.6. The fourth-order valence-corrected chi connectivity index (χ4v) is 3.58. The van der Waals surface area contributed by atoms with Crippen molar-refractivity contribution in [3.05, 3.63) is 43.7 Å². The molecule has 2 aromatic rings. The summed E-state index contributed by atoms with van der Waals surface area (Å²) in [5, 5.41) is 5.10. The standard InChI is InChI=1S/C13H14ClNOS2/c1-8(2)12(9-4-3-7-17-9)15-13(16)10-5-6-11(14)18-10/h3-8,12H,1-2H3,(H,15,16)/t12-/m0/s1. The van der Waals surface area contributed by atoms with Gasteiger partial charge in [-0.15, -0.1) is 22.7 Å². The Morgan fingerprint density at radius 3 is 2.61 bits per heavy atom. The van der Waals surface area contributed by atoms with E-state index in [1.807, 2.05) is 11.4 Å². The lowest BCUT2D eigenvalue weighted by atomic mass is 10.0. The average Bonchev–Trinajstić information content (AvgIpc) is 2.95. The van der Waals surface area contributed by atoms with Crippen LogP contribution < -0.4 is 5.32 Å². The topological polar surface area (TPSA) is 29.1 Å². The summed E-state index contributed by atoms with van der Waals surface area (Å²) in [7, 11) is 0. The molecule has 1 atom stereocenters. The molecule has 0 saturated heterocycles. The second kappa shape index (κ2) is 5.87. The van der Waals surface area contributed by atoms with Gasteiger partial charge >= 0.3 is 0 Å². The molecule has 0 spiro atoms. The second-order valence-electron chi connectivity index (χ2n) is 4.31. The van der Waals surface area contributed by atoms with Gasteiger partial charge in [-0.3, -0.25) is 4.79 Å². The number of thiophene rings is 2. The van der Waals surface area contributed by atoms with Crippen molar-refractivity contribution in [2.45, 2.75) is 19.9 Å². The number of rotatable bonds is 4. The highest BCUT2D eigenvalue weighted by molar-refractivity contribution is 7.18. The maximum atomic E-state index is 12.1. The largest absolute Gasteiger partial charge is 0.343 e. The van der Waals surface area contributed by atoms with Gasteiger partial charge in [0, 0.05) is 4.88 Å². The molecule has 0 aliphatic rings. The predicted octanol–water partition coefficient (Wildman–Crippen LogP) is 4.59. The number of carbonyl (C=O) groups excluding carboxylic acids is 1. The Kier molecular flexibility index (Phi) is 4.43. The van der Waals surface area contributed by atoms with E-state index in [1.165, 1.54) is 16.2 Å². The highest BCUT2D eigenvalue weighted by Crippen LogP contribution is 2.27. The van der Waals surface area contributed by atoms with Crippen LogP contribution in [0.5, 0.6) is 0 Å². The number of halogens is 1. The summed E-state index contributed by atoms with van der Waals surface area (Å²) in [6.45, 7) is 4.21. The molecule has 0 saturated carbocycles. The quantitative estimate of drug-likeness (QED) is 0.879. The van der Waals surface area contributed by atoms with Gasteiger partial charge in [0.15, 0.2) is 0 Å². The van der Waals surface area contributed by atoms with Crippen LogP contribution in [0.1, 0.15) is 34.4 Å². The predicted molar refractivity (Wildman–Crippen MR) is 78.7 cm³/mol. The van der Waals surface area contributed by atoms with Crippen LogP contribution in [0, 0.1) is 5.92 Å². The minimum absolute atomic E-state index is 0.0541. The molecule has 0 aromatic carbocycles. The zero-order valence-corrected chi connectivity index (χ0v) is 12.5. The van der Waals surface area contributed by atoms with Crippen LogP contribution in [0.2, 0.25) is 4.34 Å². The number of hydrogen-bond acceptors (Lipinski definition) is 3. The van der Waals surface area contributed by atoms with Crippen LogP contribution in [-0.2, 0) is 0 Å². The van der Waals surface area contributed by atoms with E-state index in [1.54, 1.807) is 23.5 Å². The Morgan fingerprint density at radius 2 is 2.11 bits per heavy atom. The van der Waals surface area contributed by atoms with Crippen LogP contribution in [0.15, 0.2) is 29.6 Å². The Labute approximate surface area is 120 Å². The third kappa shape index (κ3) is 3.13. The van der Waals surface area contributed by atoms with Crippen molar-refractivity contribution in [2.75, 3.05) is 0 Å². The van der Waals surface area contributed by atoms with Crippen molar-refractivity contribution >= 4 is 40.2 Å². The summed E-state index contributed by atoms with van der Waals surface area (Å²) in [6, 6.07) is 7.61. The number of amides is 1. The Balaban J connectivity index is 2.13. The minimum atomic E-state index is -0.0565.